The van der Waals surface area contributed by atoms with Crippen LogP contribution in [0.3, 0.4) is 0 Å². The molecular formula is C11H4BrCl2N3O2. The molecule has 5 nitrogen and oxygen atoms in total. The summed E-state index contributed by atoms with van der Waals surface area (Å²) < 4.78 is 6.54. The number of benzene rings is 1. The lowest BCUT2D eigenvalue weighted by Gasteiger charge is -2.02. The largest absolute Gasteiger partial charge is 0.335 e. The Balaban J connectivity index is 2.41. The van der Waals surface area contributed by atoms with E-state index >= 15 is 0 Å². The van der Waals surface area contributed by atoms with E-state index in [0.717, 1.165) is 0 Å². The van der Waals surface area contributed by atoms with Gasteiger partial charge < -0.3 is 4.52 Å². The van der Waals surface area contributed by atoms with Crippen molar-refractivity contribution >= 4 is 45.0 Å². The molecule has 0 aliphatic carbocycles. The van der Waals surface area contributed by atoms with Crippen molar-refractivity contribution in [2.24, 2.45) is 0 Å². The lowest BCUT2D eigenvalue weighted by atomic mass is 10.2. The fraction of sp³-hybridized carbons (Fsp3) is 0. The Morgan fingerprint density at radius 1 is 1.32 bits per heavy atom. The second-order valence-electron chi connectivity index (χ2n) is 3.64. The number of hydrogen-bond donors (Lipinski definition) is 0. The standard InChI is InChI=1S/C11H4BrCl2N3O2/c12-6-4-15-11-17(10(6)18)9(16-19-11)5-2-1-3-7(13)8(5)14/h1-4H. The average molecular weight is 361 g/mol. The van der Waals surface area contributed by atoms with Crippen LogP contribution in [0, 0.1) is 0 Å². The minimum atomic E-state index is -0.336. The van der Waals surface area contributed by atoms with Crippen LogP contribution in [0.25, 0.3) is 17.2 Å². The van der Waals surface area contributed by atoms with Gasteiger partial charge in [-0.1, -0.05) is 34.4 Å². The maximum absolute atomic E-state index is 12.1. The number of aromatic nitrogens is 3. The molecule has 2 heterocycles. The summed E-state index contributed by atoms with van der Waals surface area (Å²) in [7, 11) is 0. The highest BCUT2D eigenvalue weighted by atomic mass is 79.9. The zero-order valence-electron chi connectivity index (χ0n) is 9.10. The minimum absolute atomic E-state index is 0.0826. The van der Waals surface area contributed by atoms with E-state index < -0.39 is 0 Å². The number of nitrogens with zero attached hydrogens (tertiary/aromatic N) is 3. The Kier molecular flexibility index (Phi) is 3.08. The number of fused-ring (bicyclic) bond motifs is 1. The van der Waals surface area contributed by atoms with Gasteiger partial charge >= 0.3 is 5.84 Å². The molecule has 0 atom stereocenters. The van der Waals surface area contributed by atoms with Crippen LogP contribution >= 0.6 is 39.1 Å². The van der Waals surface area contributed by atoms with Crippen LogP contribution in [-0.4, -0.2) is 14.5 Å². The Hall–Kier alpha value is -1.37. The topological polar surface area (TPSA) is 60.4 Å². The third kappa shape index (κ3) is 1.96. The molecule has 8 heteroatoms. The third-order valence-electron chi connectivity index (χ3n) is 2.51. The Bertz CT molecular complexity index is 844. The molecule has 0 bridgehead atoms. The molecule has 0 saturated heterocycles. The summed E-state index contributed by atoms with van der Waals surface area (Å²) >= 11 is 15.2. The highest BCUT2D eigenvalue weighted by molar-refractivity contribution is 9.10. The van der Waals surface area contributed by atoms with Crippen LogP contribution < -0.4 is 5.56 Å². The van der Waals surface area contributed by atoms with Crippen molar-refractivity contribution in [1.82, 2.24) is 14.5 Å². The van der Waals surface area contributed by atoms with Crippen LogP contribution in [0.15, 0.2) is 38.2 Å². The molecule has 0 unspecified atom stereocenters. The molecule has 0 N–H and O–H groups in total. The first-order valence-corrected chi connectivity index (χ1v) is 6.62. The molecule has 19 heavy (non-hydrogen) atoms. The first-order chi connectivity index (χ1) is 9.09. The van der Waals surface area contributed by atoms with Gasteiger partial charge in [0.2, 0.25) is 0 Å². The zero-order chi connectivity index (χ0) is 13.6. The minimum Gasteiger partial charge on any atom is -0.314 e. The molecule has 0 amide bonds. The van der Waals surface area contributed by atoms with E-state index in [0.29, 0.717) is 20.1 Å². The summed E-state index contributed by atoms with van der Waals surface area (Å²) in [6.45, 7) is 0. The average Bonchev–Trinajstić information content (AvgIpc) is 2.82. The summed E-state index contributed by atoms with van der Waals surface area (Å²) in [5, 5.41) is 4.50. The summed E-state index contributed by atoms with van der Waals surface area (Å²) in [6, 6.07) is 5.05. The zero-order valence-corrected chi connectivity index (χ0v) is 12.2. The molecule has 2 aromatic heterocycles. The molecule has 1 aromatic carbocycles. The summed E-state index contributed by atoms with van der Waals surface area (Å²) in [5.41, 5.74) is 0.159. The molecular weight excluding hydrogens is 357 g/mol. The van der Waals surface area contributed by atoms with Crippen LogP contribution in [0.1, 0.15) is 0 Å². The Morgan fingerprint density at radius 3 is 2.89 bits per heavy atom. The van der Waals surface area contributed by atoms with Crippen LogP contribution in [0.5, 0.6) is 0 Å². The maximum atomic E-state index is 12.1. The second-order valence-corrected chi connectivity index (χ2v) is 5.28. The van der Waals surface area contributed by atoms with Crippen molar-refractivity contribution in [1.29, 1.82) is 0 Å². The molecule has 3 aromatic rings. The van der Waals surface area contributed by atoms with Gasteiger partial charge in [0.1, 0.15) is 4.47 Å². The lowest BCUT2D eigenvalue weighted by molar-refractivity contribution is 0.448. The van der Waals surface area contributed by atoms with E-state index in [1.807, 2.05) is 0 Å². The van der Waals surface area contributed by atoms with E-state index in [1.165, 1.54) is 10.6 Å². The highest BCUT2D eigenvalue weighted by Gasteiger charge is 2.17. The predicted octanol–water partition coefficient (Wildman–Crippen LogP) is 3.42. The van der Waals surface area contributed by atoms with Crippen molar-refractivity contribution in [3.63, 3.8) is 0 Å². The molecule has 0 aliphatic heterocycles. The van der Waals surface area contributed by atoms with Gasteiger partial charge in [0, 0.05) is 5.56 Å². The predicted molar refractivity (Wildman–Crippen MR) is 74.7 cm³/mol. The lowest BCUT2D eigenvalue weighted by Crippen LogP contribution is -2.15. The van der Waals surface area contributed by atoms with E-state index in [-0.39, 0.29) is 17.2 Å². The van der Waals surface area contributed by atoms with Crippen LogP contribution in [0.4, 0.5) is 0 Å². The van der Waals surface area contributed by atoms with Gasteiger partial charge in [-0.05, 0) is 28.1 Å². The maximum Gasteiger partial charge on any atom is 0.335 e. The smallest absolute Gasteiger partial charge is 0.314 e. The van der Waals surface area contributed by atoms with Gasteiger partial charge in [0.25, 0.3) is 5.56 Å². The number of halogens is 3. The van der Waals surface area contributed by atoms with Crippen LogP contribution in [0.2, 0.25) is 10.0 Å². The monoisotopic (exact) mass is 359 g/mol. The molecule has 0 saturated carbocycles. The van der Waals surface area contributed by atoms with E-state index in [2.05, 4.69) is 26.1 Å². The van der Waals surface area contributed by atoms with E-state index in [4.69, 9.17) is 27.7 Å². The Morgan fingerprint density at radius 2 is 2.11 bits per heavy atom. The Labute approximate surface area is 124 Å². The second kappa shape index (κ2) is 4.63. The van der Waals surface area contributed by atoms with Gasteiger partial charge in [-0.25, -0.2) is 9.38 Å². The summed E-state index contributed by atoms with van der Waals surface area (Å²) in [5.74, 6) is 0.334. The molecule has 0 fully saturated rings. The third-order valence-corrected chi connectivity index (χ3v) is 3.87. The van der Waals surface area contributed by atoms with Gasteiger partial charge in [-0.3, -0.25) is 4.79 Å². The SMILES string of the molecule is O=c1c(Br)cnc2onc(-c3cccc(Cl)c3Cl)n12. The van der Waals surface area contributed by atoms with Gasteiger partial charge in [-0.2, -0.15) is 0 Å². The molecule has 0 spiro atoms. The fourth-order valence-corrected chi connectivity index (χ4v) is 2.31. The summed E-state index contributed by atoms with van der Waals surface area (Å²) in [6.07, 6.45) is 1.35. The quantitative estimate of drug-likeness (QED) is 0.667. The van der Waals surface area contributed by atoms with Crippen molar-refractivity contribution in [3.05, 3.63) is 49.3 Å². The molecule has 96 valence electrons. The van der Waals surface area contributed by atoms with Crippen molar-refractivity contribution < 1.29 is 4.52 Å². The van der Waals surface area contributed by atoms with Gasteiger partial charge in [0.15, 0.2) is 5.82 Å². The van der Waals surface area contributed by atoms with Gasteiger partial charge in [-0.15, -0.1) is 0 Å². The molecule has 0 radical (unpaired) electrons. The molecule has 0 aliphatic rings. The van der Waals surface area contributed by atoms with Gasteiger partial charge in [0.05, 0.1) is 16.2 Å². The van der Waals surface area contributed by atoms with Crippen molar-refractivity contribution in [2.45, 2.75) is 0 Å². The number of hydrogen-bond acceptors (Lipinski definition) is 4. The summed E-state index contributed by atoms with van der Waals surface area (Å²) in [4.78, 5) is 16.0. The van der Waals surface area contributed by atoms with E-state index in [9.17, 15) is 4.79 Å². The molecule has 3 rings (SSSR count). The number of rotatable bonds is 1. The first kappa shape index (κ1) is 12.7. The normalized spacial score (nSPS) is 11.1. The fourth-order valence-electron chi connectivity index (χ4n) is 1.64. The van der Waals surface area contributed by atoms with Crippen LogP contribution in [-0.2, 0) is 0 Å². The first-order valence-electron chi connectivity index (χ1n) is 5.07. The van der Waals surface area contributed by atoms with E-state index in [1.54, 1.807) is 18.2 Å². The highest BCUT2D eigenvalue weighted by Crippen LogP contribution is 2.32. The van der Waals surface area contributed by atoms with Crippen molar-refractivity contribution in [2.75, 3.05) is 0 Å². The van der Waals surface area contributed by atoms with Crippen molar-refractivity contribution in [3.8, 4) is 11.4 Å².